The number of allylic oxidation sites excluding steroid dienone is 2. The number of aromatic nitrogens is 3. The largest absolute Gasteiger partial charge is 0.361 e. The van der Waals surface area contributed by atoms with Crippen LogP contribution in [-0.4, -0.2) is 44.9 Å². The molecule has 6 nitrogen and oxygen atoms in total. The average Bonchev–Trinajstić information content (AvgIpc) is 3.36. The van der Waals surface area contributed by atoms with Crippen LogP contribution in [-0.2, 0) is 16.1 Å². The maximum absolute atomic E-state index is 12.9. The highest BCUT2D eigenvalue weighted by molar-refractivity contribution is 6.51. The number of fused-ring (bicyclic) bond motifs is 2. The number of ketones is 2. The van der Waals surface area contributed by atoms with Crippen molar-refractivity contribution in [3.63, 3.8) is 0 Å². The molecule has 0 radical (unpaired) electrons. The Balaban J connectivity index is 1.76. The molecule has 29 heavy (non-hydrogen) atoms. The summed E-state index contributed by atoms with van der Waals surface area (Å²) in [5.74, 6) is -0.302. The number of Topliss-reactive ketones (excluding diaryl/α,β-unsaturated/α-hetero) is 2. The number of nitrogens with one attached hydrogen (secondary N) is 1. The van der Waals surface area contributed by atoms with Gasteiger partial charge in [0.25, 0.3) is 0 Å². The fourth-order valence-corrected chi connectivity index (χ4v) is 4.10. The quantitative estimate of drug-likeness (QED) is 0.548. The minimum Gasteiger partial charge on any atom is -0.361 e. The molecule has 0 spiro atoms. The minimum atomic E-state index is -0.157. The summed E-state index contributed by atoms with van der Waals surface area (Å²) in [5.41, 5.74) is 5.16. The number of benzene rings is 1. The third-order valence-corrected chi connectivity index (χ3v) is 5.31. The zero-order chi connectivity index (χ0) is 20.1. The summed E-state index contributed by atoms with van der Waals surface area (Å²) < 4.78 is 1.92. The fourth-order valence-electron chi connectivity index (χ4n) is 4.10. The monoisotopic (exact) mass is 384 g/mol. The third kappa shape index (κ3) is 2.80. The number of aromatic amines is 1. The van der Waals surface area contributed by atoms with Crippen molar-refractivity contribution in [2.45, 2.75) is 13.0 Å². The zero-order valence-electron chi connectivity index (χ0n) is 16.3. The molecule has 0 atom stereocenters. The van der Waals surface area contributed by atoms with Gasteiger partial charge in [0.15, 0.2) is 11.6 Å². The Labute approximate surface area is 167 Å². The second-order valence-electron chi connectivity index (χ2n) is 7.67. The van der Waals surface area contributed by atoms with E-state index in [4.69, 9.17) is 0 Å². The minimum absolute atomic E-state index is 0.102. The summed E-state index contributed by atoms with van der Waals surface area (Å²) >= 11 is 0. The van der Waals surface area contributed by atoms with Crippen molar-refractivity contribution in [3.8, 4) is 0 Å². The van der Waals surface area contributed by atoms with E-state index in [1.165, 1.54) is 0 Å². The molecule has 1 N–H and O–H groups in total. The highest BCUT2D eigenvalue weighted by Gasteiger charge is 2.35. The molecular weight excluding hydrogens is 364 g/mol. The number of carbonyl (C=O) groups excluding carboxylic acids is 2. The molecule has 0 aliphatic heterocycles. The third-order valence-electron chi connectivity index (χ3n) is 5.31. The number of nitrogens with zero attached hydrogens (tertiary/aromatic N) is 3. The van der Waals surface area contributed by atoms with Gasteiger partial charge in [-0.15, -0.1) is 0 Å². The Bertz CT molecular complexity index is 1320. The molecular formula is C23H20N4O2. The van der Waals surface area contributed by atoms with Gasteiger partial charge in [-0.25, -0.2) is 4.98 Å². The van der Waals surface area contributed by atoms with Gasteiger partial charge in [-0.3, -0.25) is 14.0 Å². The van der Waals surface area contributed by atoms with Gasteiger partial charge in [0.2, 0.25) is 0 Å². The standard InChI is InChI=1S/C23H20N4O2/c1-26(2)12-14-7-8-21-25-11-18(27(21)13-14)23-20(29)9-19(28)22(23)16-10-24-17-6-4-3-5-15(16)17/h3-8,10-11,13,24H,9,12H2,1-2H3. The van der Waals surface area contributed by atoms with Gasteiger partial charge in [0.1, 0.15) is 5.65 Å². The number of hydrogen-bond donors (Lipinski definition) is 1. The Hall–Kier alpha value is -3.51. The van der Waals surface area contributed by atoms with Gasteiger partial charge in [0, 0.05) is 41.0 Å². The lowest BCUT2D eigenvalue weighted by Gasteiger charge is -2.11. The van der Waals surface area contributed by atoms with Gasteiger partial charge < -0.3 is 9.88 Å². The highest BCUT2D eigenvalue weighted by Crippen LogP contribution is 2.38. The smallest absolute Gasteiger partial charge is 0.173 e. The van der Waals surface area contributed by atoms with Crippen LogP contribution in [0, 0.1) is 0 Å². The highest BCUT2D eigenvalue weighted by atomic mass is 16.2. The molecule has 1 aliphatic rings. The van der Waals surface area contributed by atoms with Crippen molar-refractivity contribution in [2.24, 2.45) is 0 Å². The van der Waals surface area contributed by atoms with Crippen LogP contribution in [0.1, 0.15) is 23.2 Å². The van der Waals surface area contributed by atoms with E-state index in [9.17, 15) is 9.59 Å². The first-order valence-corrected chi connectivity index (χ1v) is 9.51. The van der Waals surface area contributed by atoms with Crippen LogP contribution in [0.15, 0.2) is 55.0 Å². The average molecular weight is 384 g/mol. The van der Waals surface area contributed by atoms with Crippen LogP contribution in [0.3, 0.4) is 0 Å². The SMILES string of the molecule is CN(C)Cc1ccc2ncc(C3=C(c4c[nH]c5ccccc45)C(=O)CC3=O)n2c1. The molecule has 3 aromatic heterocycles. The van der Waals surface area contributed by atoms with Crippen molar-refractivity contribution >= 4 is 39.3 Å². The van der Waals surface area contributed by atoms with E-state index in [2.05, 4.69) is 14.9 Å². The van der Waals surface area contributed by atoms with Gasteiger partial charge in [-0.2, -0.15) is 0 Å². The van der Waals surface area contributed by atoms with Crippen LogP contribution < -0.4 is 0 Å². The summed E-state index contributed by atoms with van der Waals surface area (Å²) in [6.45, 7) is 0.773. The molecule has 0 amide bonds. The first-order valence-electron chi connectivity index (χ1n) is 9.51. The predicted molar refractivity (Wildman–Crippen MR) is 112 cm³/mol. The fraction of sp³-hybridized carbons (Fsp3) is 0.174. The van der Waals surface area contributed by atoms with Crippen LogP contribution in [0.5, 0.6) is 0 Å². The molecule has 4 aromatic rings. The van der Waals surface area contributed by atoms with Crippen LogP contribution in [0.25, 0.3) is 27.7 Å². The number of H-pyrrole nitrogens is 1. The number of para-hydroxylation sites is 1. The summed E-state index contributed by atoms with van der Waals surface area (Å²) in [7, 11) is 4.02. The van der Waals surface area contributed by atoms with E-state index in [-0.39, 0.29) is 18.0 Å². The van der Waals surface area contributed by atoms with Crippen molar-refractivity contribution in [1.82, 2.24) is 19.3 Å². The lowest BCUT2D eigenvalue weighted by molar-refractivity contribution is -0.119. The Kier molecular flexibility index (Phi) is 3.96. The molecule has 6 heteroatoms. The molecule has 5 rings (SSSR count). The number of rotatable bonds is 4. The molecule has 0 unspecified atom stereocenters. The molecule has 0 fully saturated rings. The molecule has 0 bridgehead atoms. The van der Waals surface area contributed by atoms with Crippen molar-refractivity contribution in [3.05, 3.63) is 71.8 Å². The van der Waals surface area contributed by atoms with Crippen molar-refractivity contribution in [2.75, 3.05) is 14.1 Å². The molecule has 144 valence electrons. The maximum atomic E-state index is 12.9. The second-order valence-corrected chi connectivity index (χ2v) is 7.67. The number of hydrogen-bond acceptors (Lipinski definition) is 4. The second kappa shape index (κ2) is 6.53. The zero-order valence-corrected chi connectivity index (χ0v) is 16.3. The normalized spacial score (nSPS) is 14.9. The van der Waals surface area contributed by atoms with E-state index in [1.54, 1.807) is 6.20 Å². The number of imidazole rings is 1. The summed E-state index contributed by atoms with van der Waals surface area (Å²) in [5, 5.41) is 0.935. The maximum Gasteiger partial charge on any atom is 0.173 e. The summed E-state index contributed by atoms with van der Waals surface area (Å²) in [6, 6.07) is 11.8. The molecule has 0 saturated heterocycles. The first kappa shape index (κ1) is 17.6. The van der Waals surface area contributed by atoms with E-state index in [0.717, 1.165) is 34.2 Å². The first-order chi connectivity index (χ1) is 14.0. The van der Waals surface area contributed by atoms with Gasteiger partial charge in [-0.1, -0.05) is 24.3 Å². The van der Waals surface area contributed by atoms with E-state index < -0.39 is 0 Å². The molecule has 1 aromatic carbocycles. The van der Waals surface area contributed by atoms with Gasteiger partial charge in [0.05, 0.1) is 23.9 Å². The van der Waals surface area contributed by atoms with Gasteiger partial charge in [-0.05, 0) is 31.8 Å². The van der Waals surface area contributed by atoms with Crippen molar-refractivity contribution in [1.29, 1.82) is 0 Å². The molecule has 1 aliphatic carbocycles. The lowest BCUT2D eigenvalue weighted by atomic mass is 9.99. The van der Waals surface area contributed by atoms with Crippen LogP contribution in [0.4, 0.5) is 0 Å². The Morgan fingerprint density at radius 3 is 2.69 bits per heavy atom. The topological polar surface area (TPSA) is 70.5 Å². The van der Waals surface area contributed by atoms with E-state index >= 15 is 0 Å². The predicted octanol–water partition coefficient (Wildman–Crippen LogP) is 3.33. The van der Waals surface area contributed by atoms with Crippen LogP contribution in [0.2, 0.25) is 0 Å². The number of pyridine rings is 1. The van der Waals surface area contributed by atoms with Crippen molar-refractivity contribution < 1.29 is 9.59 Å². The number of carbonyl (C=O) groups is 2. The van der Waals surface area contributed by atoms with Gasteiger partial charge >= 0.3 is 0 Å². The van der Waals surface area contributed by atoms with E-state index in [0.29, 0.717) is 16.8 Å². The summed E-state index contributed by atoms with van der Waals surface area (Å²) in [6.07, 6.45) is 5.40. The Morgan fingerprint density at radius 1 is 1.07 bits per heavy atom. The lowest BCUT2D eigenvalue weighted by Crippen LogP contribution is -2.11. The van der Waals surface area contributed by atoms with E-state index in [1.807, 2.05) is 67.3 Å². The molecule has 0 saturated carbocycles. The molecule has 3 heterocycles. The van der Waals surface area contributed by atoms with Crippen LogP contribution >= 0.6 is 0 Å². The summed E-state index contributed by atoms with van der Waals surface area (Å²) in [4.78, 5) is 35.5. The Morgan fingerprint density at radius 2 is 1.86 bits per heavy atom.